The molecule has 2 aromatic rings. The molecular weight excluding hydrogens is 330 g/mol. The summed E-state index contributed by atoms with van der Waals surface area (Å²) in [4.78, 5) is 0. The van der Waals surface area contributed by atoms with E-state index in [9.17, 15) is 8.42 Å². The molecule has 2 aromatic heterocycles. The van der Waals surface area contributed by atoms with Gasteiger partial charge in [0, 0.05) is 12.0 Å². The Balaban J connectivity index is 1.49. The van der Waals surface area contributed by atoms with Gasteiger partial charge in [0.15, 0.2) is 5.76 Å². The van der Waals surface area contributed by atoms with Crippen molar-refractivity contribution in [1.82, 2.24) is 14.9 Å². The Kier molecular flexibility index (Phi) is 4.17. The van der Waals surface area contributed by atoms with Crippen LogP contribution in [0.3, 0.4) is 0 Å². The molecule has 2 saturated carbocycles. The van der Waals surface area contributed by atoms with E-state index in [-0.39, 0.29) is 22.8 Å². The third-order valence-corrected chi connectivity index (χ3v) is 6.27. The number of sulfonamides is 1. The largest absolute Gasteiger partial charge is 0.438 e. The van der Waals surface area contributed by atoms with Gasteiger partial charge in [-0.2, -0.15) is 0 Å². The van der Waals surface area contributed by atoms with Crippen LogP contribution in [-0.2, 0) is 10.0 Å². The second-order valence-corrected chi connectivity index (χ2v) is 8.29. The van der Waals surface area contributed by atoms with E-state index in [2.05, 4.69) is 14.9 Å². The maximum absolute atomic E-state index is 12.4. The SMILES string of the molecule is O=S(=O)(NC1CCCCC1)c1ccc(-c2nnc(C3CCC3)o2)o1. The minimum atomic E-state index is -3.66. The van der Waals surface area contributed by atoms with E-state index in [4.69, 9.17) is 8.83 Å². The van der Waals surface area contributed by atoms with Crippen molar-refractivity contribution in [2.24, 2.45) is 0 Å². The lowest BCUT2D eigenvalue weighted by Crippen LogP contribution is -2.35. The van der Waals surface area contributed by atoms with Gasteiger partial charge >= 0.3 is 0 Å². The quantitative estimate of drug-likeness (QED) is 0.888. The molecule has 0 aromatic carbocycles. The third-order valence-electron chi connectivity index (χ3n) is 4.88. The standard InChI is InChI=1S/C16H21N3O4S/c20-24(21,19-12-7-2-1-3-8-12)14-10-9-13(22-14)16-18-17-15(23-16)11-5-4-6-11/h9-12,19H,1-8H2. The Morgan fingerprint density at radius 3 is 2.46 bits per heavy atom. The molecule has 7 nitrogen and oxygen atoms in total. The first-order chi connectivity index (χ1) is 11.6. The zero-order valence-corrected chi connectivity index (χ0v) is 14.2. The normalized spacial score (nSPS) is 20.2. The summed E-state index contributed by atoms with van der Waals surface area (Å²) in [6, 6.07) is 2.99. The molecule has 1 N–H and O–H groups in total. The lowest BCUT2D eigenvalue weighted by molar-refractivity contribution is 0.334. The molecule has 8 heteroatoms. The number of rotatable bonds is 5. The highest BCUT2D eigenvalue weighted by Gasteiger charge is 2.28. The van der Waals surface area contributed by atoms with Crippen molar-refractivity contribution in [2.75, 3.05) is 0 Å². The van der Waals surface area contributed by atoms with Crippen LogP contribution >= 0.6 is 0 Å². The van der Waals surface area contributed by atoms with Crippen molar-refractivity contribution < 1.29 is 17.3 Å². The summed E-state index contributed by atoms with van der Waals surface area (Å²) in [5, 5.41) is 7.91. The first kappa shape index (κ1) is 15.8. The number of nitrogens with one attached hydrogen (secondary N) is 1. The second-order valence-electron chi connectivity index (χ2n) is 6.65. The molecule has 2 heterocycles. The fourth-order valence-electron chi connectivity index (χ4n) is 3.23. The van der Waals surface area contributed by atoms with Gasteiger partial charge in [-0.1, -0.05) is 25.7 Å². The lowest BCUT2D eigenvalue weighted by Gasteiger charge is -2.21. The van der Waals surface area contributed by atoms with Crippen molar-refractivity contribution >= 4 is 10.0 Å². The zero-order chi connectivity index (χ0) is 16.6. The molecule has 2 aliphatic rings. The molecule has 2 fully saturated rings. The van der Waals surface area contributed by atoms with Gasteiger partial charge < -0.3 is 8.83 Å². The van der Waals surface area contributed by atoms with E-state index in [0.717, 1.165) is 38.5 Å². The molecule has 4 rings (SSSR count). The highest BCUT2D eigenvalue weighted by Crippen LogP contribution is 2.36. The van der Waals surface area contributed by atoms with Crippen LogP contribution in [0.15, 0.2) is 26.1 Å². The smallest absolute Gasteiger partial charge is 0.283 e. The Morgan fingerprint density at radius 2 is 1.75 bits per heavy atom. The minimum absolute atomic E-state index is 0.00840. The summed E-state index contributed by atoms with van der Waals surface area (Å²) in [5.74, 6) is 1.46. The van der Waals surface area contributed by atoms with E-state index >= 15 is 0 Å². The molecule has 0 atom stereocenters. The van der Waals surface area contributed by atoms with Gasteiger partial charge in [-0.3, -0.25) is 0 Å². The highest BCUT2D eigenvalue weighted by atomic mass is 32.2. The van der Waals surface area contributed by atoms with E-state index in [1.165, 1.54) is 18.9 Å². The first-order valence-corrected chi connectivity index (χ1v) is 10.1. The molecular formula is C16H21N3O4S. The molecule has 0 aliphatic heterocycles. The van der Waals surface area contributed by atoms with Crippen LogP contribution in [0.2, 0.25) is 0 Å². The maximum Gasteiger partial charge on any atom is 0.283 e. The lowest BCUT2D eigenvalue weighted by atomic mass is 9.85. The average Bonchev–Trinajstić information content (AvgIpc) is 3.15. The third kappa shape index (κ3) is 3.12. The molecule has 0 bridgehead atoms. The van der Waals surface area contributed by atoms with Gasteiger partial charge in [0.05, 0.1) is 0 Å². The van der Waals surface area contributed by atoms with E-state index in [0.29, 0.717) is 11.8 Å². The molecule has 0 unspecified atom stereocenters. The molecule has 0 spiro atoms. The van der Waals surface area contributed by atoms with Crippen LogP contribution in [0.4, 0.5) is 0 Å². The number of aromatic nitrogens is 2. The Hall–Kier alpha value is -1.67. The molecule has 0 amide bonds. The fraction of sp³-hybridized carbons (Fsp3) is 0.625. The van der Waals surface area contributed by atoms with Crippen molar-refractivity contribution in [3.05, 3.63) is 18.0 Å². The summed E-state index contributed by atoms with van der Waals surface area (Å²) in [7, 11) is -3.66. The topological polar surface area (TPSA) is 98.2 Å². The van der Waals surface area contributed by atoms with E-state index in [1.807, 2.05) is 0 Å². The summed E-state index contributed by atoms with van der Waals surface area (Å²) < 4.78 is 38.7. The molecule has 0 radical (unpaired) electrons. The van der Waals surface area contributed by atoms with Gasteiger partial charge in [-0.25, -0.2) is 13.1 Å². The van der Waals surface area contributed by atoms with Crippen LogP contribution < -0.4 is 4.72 Å². The number of furan rings is 1. The monoisotopic (exact) mass is 351 g/mol. The number of hydrogen-bond acceptors (Lipinski definition) is 6. The maximum atomic E-state index is 12.4. The minimum Gasteiger partial charge on any atom is -0.438 e. The van der Waals surface area contributed by atoms with Crippen molar-refractivity contribution in [3.8, 4) is 11.7 Å². The Morgan fingerprint density at radius 1 is 0.958 bits per heavy atom. The van der Waals surface area contributed by atoms with Crippen LogP contribution in [-0.4, -0.2) is 24.7 Å². The van der Waals surface area contributed by atoms with Gasteiger partial charge in [0.1, 0.15) is 0 Å². The average molecular weight is 351 g/mol. The van der Waals surface area contributed by atoms with Crippen molar-refractivity contribution in [2.45, 2.75) is 68.4 Å². The molecule has 2 aliphatic carbocycles. The predicted octanol–water partition coefficient (Wildman–Crippen LogP) is 3.21. The van der Waals surface area contributed by atoms with Gasteiger partial charge in [-0.15, -0.1) is 10.2 Å². The van der Waals surface area contributed by atoms with E-state index in [1.54, 1.807) is 6.07 Å². The van der Waals surface area contributed by atoms with Crippen molar-refractivity contribution in [1.29, 1.82) is 0 Å². The number of hydrogen-bond donors (Lipinski definition) is 1. The van der Waals surface area contributed by atoms with E-state index < -0.39 is 10.0 Å². The Bertz CT molecular complexity index is 801. The van der Waals surface area contributed by atoms with Crippen LogP contribution in [0.1, 0.15) is 63.2 Å². The zero-order valence-electron chi connectivity index (χ0n) is 13.4. The predicted molar refractivity (Wildman–Crippen MR) is 85.8 cm³/mol. The van der Waals surface area contributed by atoms with Crippen LogP contribution in [0.5, 0.6) is 0 Å². The van der Waals surface area contributed by atoms with Crippen LogP contribution in [0, 0.1) is 0 Å². The molecule has 130 valence electrons. The van der Waals surface area contributed by atoms with Crippen molar-refractivity contribution in [3.63, 3.8) is 0 Å². The highest BCUT2D eigenvalue weighted by molar-refractivity contribution is 7.89. The fourth-order valence-corrected chi connectivity index (χ4v) is 4.47. The Labute approximate surface area is 140 Å². The van der Waals surface area contributed by atoms with Crippen LogP contribution in [0.25, 0.3) is 11.7 Å². The van der Waals surface area contributed by atoms with Gasteiger partial charge in [-0.05, 0) is 37.8 Å². The second kappa shape index (κ2) is 6.33. The first-order valence-electron chi connectivity index (χ1n) is 8.58. The summed E-state index contributed by atoms with van der Waals surface area (Å²) in [6.07, 6.45) is 8.34. The number of nitrogens with zero attached hydrogens (tertiary/aromatic N) is 2. The molecule has 24 heavy (non-hydrogen) atoms. The summed E-state index contributed by atoms with van der Waals surface area (Å²) in [6.45, 7) is 0. The van der Waals surface area contributed by atoms with Gasteiger partial charge in [0.25, 0.3) is 15.9 Å². The van der Waals surface area contributed by atoms with Gasteiger partial charge in [0.2, 0.25) is 11.0 Å². The summed E-state index contributed by atoms with van der Waals surface area (Å²) >= 11 is 0. The summed E-state index contributed by atoms with van der Waals surface area (Å²) in [5.41, 5.74) is 0. The molecule has 0 saturated heterocycles.